The number of esters is 1. The number of hydrogen-bond donors (Lipinski definition) is 1. The minimum absolute atomic E-state index is 0.329. The largest absolute Gasteiger partial charge is 0.462 e. The molecule has 0 aliphatic carbocycles. The van der Waals surface area contributed by atoms with Gasteiger partial charge in [-0.2, -0.15) is 0 Å². The van der Waals surface area contributed by atoms with Crippen LogP contribution in [0.2, 0.25) is 0 Å². The van der Waals surface area contributed by atoms with Crippen LogP contribution in [0.3, 0.4) is 0 Å². The van der Waals surface area contributed by atoms with Crippen LogP contribution in [0, 0.1) is 0 Å². The van der Waals surface area contributed by atoms with Crippen molar-refractivity contribution in [1.82, 2.24) is 4.98 Å². The summed E-state index contributed by atoms with van der Waals surface area (Å²) in [5.74, 6) is -0.329. The SMILES string of the molecule is CCOC(=O)c1ccc(CCc2ccc(N)cc2)nc1. The zero-order chi connectivity index (χ0) is 14.4. The molecule has 4 nitrogen and oxygen atoms in total. The number of aryl methyl sites for hydroxylation is 2. The summed E-state index contributed by atoms with van der Waals surface area (Å²) in [6.07, 6.45) is 3.29. The number of nitrogens with zero attached hydrogens (tertiary/aromatic N) is 1. The summed E-state index contributed by atoms with van der Waals surface area (Å²) < 4.78 is 4.92. The van der Waals surface area contributed by atoms with Crippen LogP contribution in [-0.2, 0) is 17.6 Å². The fraction of sp³-hybridized carbons (Fsp3) is 0.250. The molecule has 0 bridgehead atoms. The van der Waals surface area contributed by atoms with Gasteiger partial charge in [0.25, 0.3) is 0 Å². The van der Waals surface area contributed by atoms with E-state index in [4.69, 9.17) is 10.5 Å². The second-order valence-corrected chi connectivity index (χ2v) is 4.50. The van der Waals surface area contributed by atoms with Crippen LogP contribution in [0.15, 0.2) is 42.6 Å². The van der Waals surface area contributed by atoms with Crippen LogP contribution >= 0.6 is 0 Å². The third-order valence-electron chi connectivity index (χ3n) is 2.99. The maximum atomic E-state index is 11.5. The van der Waals surface area contributed by atoms with E-state index < -0.39 is 0 Å². The van der Waals surface area contributed by atoms with E-state index in [-0.39, 0.29) is 5.97 Å². The molecule has 0 aliphatic rings. The van der Waals surface area contributed by atoms with Gasteiger partial charge >= 0.3 is 5.97 Å². The molecule has 0 fully saturated rings. The standard InChI is InChI=1S/C16H18N2O2/c1-2-20-16(19)13-6-10-15(18-11-13)9-5-12-3-7-14(17)8-4-12/h3-4,6-8,10-11H,2,5,9,17H2,1H3. The Balaban J connectivity index is 1.93. The van der Waals surface area contributed by atoms with Crippen molar-refractivity contribution in [3.8, 4) is 0 Å². The molecular formula is C16H18N2O2. The first-order valence-corrected chi connectivity index (χ1v) is 6.65. The zero-order valence-corrected chi connectivity index (χ0v) is 11.5. The summed E-state index contributed by atoms with van der Waals surface area (Å²) >= 11 is 0. The minimum atomic E-state index is -0.329. The van der Waals surface area contributed by atoms with Gasteiger partial charge < -0.3 is 10.5 Å². The molecule has 1 heterocycles. The second kappa shape index (κ2) is 6.70. The fourth-order valence-corrected chi connectivity index (χ4v) is 1.86. The molecule has 20 heavy (non-hydrogen) atoms. The average Bonchev–Trinajstić information content (AvgIpc) is 2.47. The summed E-state index contributed by atoms with van der Waals surface area (Å²) in [6, 6.07) is 11.4. The topological polar surface area (TPSA) is 65.2 Å². The maximum absolute atomic E-state index is 11.5. The second-order valence-electron chi connectivity index (χ2n) is 4.50. The molecule has 1 aromatic heterocycles. The van der Waals surface area contributed by atoms with Crippen molar-refractivity contribution in [2.45, 2.75) is 19.8 Å². The van der Waals surface area contributed by atoms with Gasteiger partial charge in [-0.15, -0.1) is 0 Å². The van der Waals surface area contributed by atoms with E-state index in [1.807, 2.05) is 30.3 Å². The van der Waals surface area contributed by atoms with E-state index in [1.165, 1.54) is 5.56 Å². The minimum Gasteiger partial charge on any atom is -0.462 e. The van der Waals surface area contributed by atoms with E-state index in [0.717, 1.165) is 24.2 Å². The van der Waals surface area contributed by atoms with Crippen molar-refractivity contribution in [2.24, 2.45) is 0 Å². The smallest absolute Gasteiger partial charge is 0.339 e. The van der Waals surface area contributed by atoms with E-state index in [0.29, 0.717) is 12.2 Å². The lowest BCUT2D eigenvalue weighted by Crippen LogP contribution is -2.05. The summed E-state index contributed by atoms with van der Waals surface area (Å²) in [4.78, 5) is 15.8. The van der Waals surface area contributed by atoms with Crippen molar-refractivity contribution < 1.29 is 9.53 Å². The number of anilines is 1. The van der Waals surface area contributed by atoms with E-state index in [1.54, 1.807) is 19.2 Å². The predicted molar refractivity (Wildman–Crippen MR) is 78.5 cm³/mol. The number of carbonyl (C=O) groups is 1. The van der Waals surface area contributed by atoms with Gasteiger partial charge in [-0.05, 0) is 49.6 Å². The van der Waals surface area contributed by atoms with Gasteiger partial charge in [0.1, 0.15) is 0 Å². The number of rotatable bonds is 5. The third-order valence-corrected chi connectivity index (χ3v) is 2.99. The molecule has 104 valence electrons. The molecule has 0 saturated heterocycles. The highest BCUT2D eigenvalue weighted by atomic mass is 16.5. The molecule has 2 rings (SSSR count). The lowest BCUT2D eigenvalue weighted by atomic mass is 10.1. The Bertz CT molecular complexity index is 562. The van der Waals surface area contributed by atoms with Gasteiger partial charge in [0.15, 0.2) is 0 Å². The molecule has 1 aromatic carbocycles. The van der Waals surface area contributed by atoms with Gasteiger partial charge in [-0.1, -0.05) is 12.1 Å². The first-order valence-electron chi connectivity index (χ1n) is 6.65. The lowest BCUT2D eigenvalue weighted by molar-refractivity contribution is 0.0526. The maximum Gasteiger partial charge on any atom is 0.339 e. The normalized spacial score (nSPS) is 10.2. The molecule has 0 atom stereocenters. The van der Waals surface area contributed by atoms with Gasteiger partial charge in [-0.3, -0.25) is 4.98 Å². The molecular weight excluding hydrogens is 252 g/mol. The molecule has 0 amide bonds. The Hall–Kier alpha value is -2.36. The lowest BCUT2D eigenvalue weighted by Gasteiger charge is -2.04. The highest BCUT2D eigenvalue weighted by Gasteiger charge is 2.06. The molecule has 0 radical (unpaired) electrons. The van der Waals surface area contributed by atoms with E-state index >= 15 is 0 Å². The van der Waals surface area contributed by atoms with Crippen LogP contribution in [0.25, 0.3) is 0 Å². The van der Waals surface area contributed by atoms with Crippen molar-refractivity contribution in [1.29, 1.82) is 0 Å². The molecule has 4 heteroatoms. The highest BCUT2D eigenvalue weighted by molar-refractivity contribution is 5.88. The van der Waals surface area contributed by atoms with Gasteiger partial charge in [0.2, 0.25) is 0 Å². The van der Waals surface area contributed by atoms with Crippen molar-refractivity contribution in [3.05, 3.63) is 59.4 Å². The number of ether oxygens (including phenoxy) is 1. The van der Waals surface area contributed by atoms with Crippen molar-refractivity contribution in [3.63, 3.8) is 0 Å². The molecule has 0 unspecified atom stereocenters. The van der Waals surface area contributed by atoms with Crippen molar-refractivity contribution >= 4 is 11.7 Å². The molecule has 0 aliphatic heterocycles. The Morgan fingerprint density at radius 1 is 1.15 bits per heavy atom. The Kier molecular flexibility index (Phi) is 4.71. The summed E-state index contributed by atoms with van der Waals surface area (Å²) in [6.45, 7) is 2.16. The number of carbonyl (C=O) groups excluding carboxylic acids is 1. The van der Waals surface area contributed by atoms with Crippen LogP contribution in [0.4, 0.5) is 5.69 Å². The van der Waals surface area contributed by atoms with E-state index in [2.05, 4.69) is 4.98 Å². The summed E-state index contributed by atoms with van der Waals surface area (Å²) in [7, 11) is 0. The van der Waals surface area contributed by atoms with Gasteiger partial charge in [0, 0.05) is 17.6 Å². The van der Waals surface area contributed by atoms with E-state index in [9.17, 15) is 4.79 Å². The molecule has 2 N–H and O–H groups in total. The molecule has 2 aromatic rings. The van der Waals surface area contributed by atoms with Crippen LogP contribution in [-0.4, -0.2) is 17.6 Å². The Morgan fingerprint density at radius 3 is 2.50 bits per heavy atom. The monoisotopic (exact) mass is 270 g/mol. The fourth-order valence-electron chi connectivity index (χ4n) is 1.86. The Morgan fingerprint density at radius 2 is 1.90 bits per heavy atom. The number of hydrogen-bond acceptors (Lipinski definition) is 4. The molecule has 0 spiro atoms. The highest BCUT2D eigenvalue weighted by Crippen LogP contribution is 2.09. The third kappa shape index (κ3) is 3.82. The average molecular weight is 270 g/mol. The van der Waals surface area contributed by atoms with Crippen molar-refractivity contribution in [2.75, 3.05) is 12.3 Å². The number of nitrogen functional groups attached to an aromatic ring is 1. The van der Waals surface area contributed by atoms with Crippen LogP contribution in [0.1, 0.15) is 28.5 Å². The summed E-state index contributed by atoms with van der Waals surface area (Å²) in [5.41, 5.74) is 9.08. The van der Waals surface area contributed by atoms with Crippen LogP contribution < -0.4 is 5.73 Å². The summed E-state index contributed by atoms with van der Waals surface area (Å²) in [5, 5.41) is 0. The first kappa shape index (κ1) is 14.1. The predicted octanol–water partition coefficient (Wildman–Crippen LogP) is 2.63. The number of pyridine rings is 1. The Labute approximate surface area is 118 Å². The van der Waals surface area contributed by atoms with Gasteiger partial charge in [-0.25, -0.2) is 4.79 Å². The first-order chi connectivity index (χ1) is 9.69. The van der Waals surface area contributed by atoms with Crippen LogP contribution in [0.5, 0.6) is 0 Å². The number of nitrogens with two attached hydrogens (primary N) is 1. The zero-order valence-electron chi connectivity index (χ0n) is 11.5. The van der Waals surface area contributed by atoms with Gasteiger partial charge in [0.05, 0.1) is 12.2 Å². The number of benzene rings is 1. The molecule has 0 saturated carbocycles. The quantitative estimate of drug-likeness (QED) is 0.670. The number of aromatic nitrogens is 1.